The van der Waals surface area contributed by atoms with Gasteiger partial charge in [0.15, 0.2) is 0 Å². The Hall–Kier alpha value is -4.38. The molecule has 0 bridgehead atoms. The normalized spacial score (nSPS) is 20.7. The van der Waals surface area contributed by atoms with Crippen molar-refractivity contribution < 1.29 is 60.4 Å². The molecule has 2 aliphatic rings. The van der Waals surface area contributed by atoms with Gasteiger partial charge in [-0.2, -0.15) is 26.3 Å². The molecule has 2 saturated heterocycles. The van der Waals surface area contributed by atoms with E-state index in [9.17, 15) is 50.9 Å². The van der Waals surface area contributed by atoms with E-state index >= 15 is 0 Å². The number of ether oxygens (including phenoxy) is 2. The number of carboxylic acid groups (broad SMARTS) is 1. The molecule has 0 saturated carbocycles. The van der Waals surface area contributed by atoms with E-state index in [1.165, 1.54) is 18.7 Å². The predicted octanol–water partition coefficient (Wildman–Crippen LogP) is 7.40. The number of likely N-dealkylation sites (tertiary alicyclic amines) is 2. The number of amides is 2. The smallest absolute Gasteiger partial charge is 0.425 e. The summed E-state index contributed by atoms with van der Waals surface area (Å²) < 4.78 is 95.3. The number of pyridine rings is 1. The van der Waals surface area contributed by atoms with Crippen molar-refractivity contribution in [2.75, 3.05) is 26.2 Å². The first-order chi connectivity index (χ1) is 25.2. The molecule has 294 valence electrons. The van der Waals surface area contributed by atoms with Crippen LogP contribution in [0.2, 0.25) is 0 Å². The average molecular weight is 786 g/mol. The van der Waals surface area contributed by atoms with Crippen molar-refractivity contribution in [1.82, 2.24) is 14.8 Å². The molecular weight excluding hydrogens is 744 g/mol. The van der Waals surface area contributed by atoms with Gasteiger partial charge >= 0.3 is 18.3 Å². The van der Waals surface area contributed by atoms with Crippen molar-refractivity contribution in [2.24, 2.45) is 5.41 Å². The summed E-state index contributed by atoms with van der Waals surface area (Å²) in [6.45, 7) is 4.33. The summed E-state index contributed by atoms with van der Waals surface area (Å²) in [5.74, 6) is -2.84. The van der Waals surface area contributed by atoms with E-state index in [2.05, 4.69) is 4.98 Å². The maximum atomic E-state index is 14.9. The van der Waals surface area contributed by atoms with Gasteiger partial charge in [-0.25, -0.2) is 0 Å². The molecule has 5 rings (SSSR count). The Bertz CT molecular complexity index is 1840. The molecule has 2 aromatic heterocycles. The molecule has 3 aromatic rings. The maximum absolute atomic E-state index is 14.9. The Balaban J connectivity index is 1.49. The number of nitrogens with zero attached hydrogens (tertiary/aromatic N) is 3. The van der Waals surface area contributed by atoms with Crippen molar-refractivity contribution in [1.29, 1.82) is 0 Å². The summed E-state index contributed by atoms with van der Waals surface area (Å²) in [6, 6.07) is 6.80. The van der Waals surface area contributed by atoms with Crippen LogP contribution < -0.4 is 9.47 Å². The molecule has 2 atom stereocenters. The summed E-state index contributed by atoms with van der Waals surface area (Å²) in [6.07, 6.45) is -7.56. The fourth-order valence-corrected chi connectivity index (χ4v) is 7.69. The molecule has 0 spiro atoms. The zero-order valence-electron chi connectivity index (χ0n) is 29.8. The highest BCUT2D eigenvalue weighted by Crippen LogP contribution is 2.44. The van der Waals surface area contributed by atoms with Gasteiger partial charge in [-0.05, 0) is 51.7 Å². The molecule has 2 N–H and O–H groups in total. The van der Waals surface area contributed by atoms with Crippen molar-refractivity contribution >= 4 is 29.1 Å². The summed E-state index contributed by atoms with van der Waals surface area (Å²) >= 11 is 0.354. The number of aromatic nitrogens is 1. The number of carbonyl (C=O) groups excluding carboxylic acids is 2. The minimum atomic E-state index is -4.90. The first kappa shape index (κ1) is 40.8. The van der Waals surface area contributed by atoms with Crippen LogP contribution in [0.5, 0.6) is 11.5 Å². The Labute approximate surface area is 311 Å². The van der Waals surface area contributed by atoms with E-state index in [1.807, 2.05) is 0 Å². The fourth-order valence-electron chi connectivity index (χ4n) is 7.02. The summed E-state index contributed by atoms with van der Waals surface area (Å²) in [4.78, 5) is 45.9. The zero-order chi connectivity index (χ0) is 39.7. The molecule has 2 amide bonds. The molecular formula is C37H41F6N3O7S. The first-order valence-corrected chi connectivity index (χ1v) is 18.3. The number of aliphatic carboxylic acids is 1. The van der Waals surface area contributed by atoms with Gasteiger partial charge in [0.1, 0.15) is 23.0 Å². The number of para-hydroxylation sites is 1. The molecule has 2 fully saturated rings. The topological polar surface area (TPSA) is 130 Å². The molecule has 17 heteroatoms. The van der Waals surface area contributed by atoms with Gasteiger partial charge in [0.25, 0.3) is 11.8 Å². The van der Waals surface area contributed by atoms with E-state index in [0.29, 0.717) is 29.4 Å². The predicted molar refractivity (Wildman–Crippen MR) is 184 cm³/mol. The lowest BCUT2D eigenvalue weighted by atomic mass is 9.78. The third kappa shape index (κ3) is 8.31. The Morgan fingerprint density at radius 2 is 1.69 bits per heavy atom. The molecule has 2 aliphatic heterocycles. The lowest BCUT2D eigenvalue weighted by Crippen LogP contribution is -2.68. The van der Waals surface area contributed by atoms with Gasteiger partial charge in [0, 0.05) is 55.5 Å². The van der Waals surface area contributed by atoms with Crippen LogP contribution >= 0.6 is 11.3 Å². The number of thiophene rings is 1. The third-order valence-corrected chi connectivity index (χ3v) is 10.9. The third-order valence-electron chi connectivity index (χ3n) is 9.99. The van der Waals surface area contributed by atoms with Gasteiger partial charge < -0.3 is 29.5 Å². The Morgan fingerprint density at radius 1 is 1.00 bits per heavy atom. The number of piperidine rings is 2. The highest BCUT2D eigenvalue weighted by atomic mass is 32.1. The van der Waals surface area contributed by atoms with Gasteiger partial charge in [-0.1, -0.05) is 31.5 Å². The standard InChI is InChI=1S/C37H41F6N3O7S/c1-4-8-28-35(53-23-19-29(54-21-23)37(41,42)43,12-7-16-46(28)30(47)24-20-44-15-11-25(24)36(38,39)40)31(48)45-17-13-34(51,14-18-45)26-9-5-6-10-27(26)52-22-33(2,3)32(49)50/h5-6,9-11,15,19-21,28,51H,4,7-8,12-14,16-18,22H2,1-3H3,(H,49,50). The number of benzene rings is 1. The second kappa shape index (κ2) is 15.4. The van der Waals surface area contributed by atoms with Gasteiger partial charge in [-0.15, -0.1) is 11.3 Å². The van der Waals surface area contributed by atoms with Gasteiger partial charge in [-0.3, -0.25) is 19.4 Å². The van der Waals surface area contributed by atoms with Crippen LogP contribution in [0, 0.1) is 5.41 Å². The number of aliphatic hydroxyl groups is 1. The monoisotopic (exact) mass is 785 g/mol. The van der Waals surface area contributed by atoms with Crippen LogP contribution in [0.1, 0.15) is 85.7 Å². The van der Waals surface area contributed by atoms with Crippen LogP contribution in [0.15, 0.2) is 54.2 Å². The largest absolute Gasteiger partial charge is 0.492 e. The molecule has 10 nitrogen and oxygen atoms in total. The molecule has 54 heavy (non-hydrogen) atoms. The lowest BCUT2D eigenvalue weighted by Gasteiger charge is -2.51. The van der Waals surface area contributed by atoms with Crippen LogP contribution in [-0.2, 0) is 27.5 Å². The van der Waals surface area contributed by atoms with Crippen LogP contribution in [0.25, 0.3) is 0 Å². The van der Waals surface area contributed by atoms with Crippen LogP contribution in [0.4, 0.5) is 26.3 Å². The van der Waals surface area contributed by atoms with Gasteiger partial charge in [0.05, 0.1) is 28.2 Å². The first-order valence-electron chi connectivity index (χ1n) is 17.4. The van der Waals surface area contributed by atoms with E-state index in [-0.39, 0.29) is 69.8 Å². The van der Waals surface area contributed by atoms with Crippen LogP contribution in [-0.4, -0.2) is 80.7 Å². The molecule has 4 heterocycles. The summed E-state index contributed by atoms with van der Waals surface area (Å²) in [7, 11) is 0. The zero-order valence-corrected chi connectivity index (χ0v) is 30.6. The van der Waals surface area contributed by atoms with Crippen molar-refractivity contribution in [3.63, 3.8) is 0 Å². The minimum Gasteiger partial charge on any atom is -0.492 e. The van der Waals surface area contributed by atoms with E-state index in [1.54, 1.807) is 31.2 Å². The van der Waals surface area contributed by atoms with Crippen molar-refractivity contribution in [2.45, 2.75) is 88.9 Å². The summed E-state index contributed by atoms with van der Waals surface area (Å²) in [5.41, 5.74) is -6.36. The second-order valence-electron chi connectivity index (χ2n) is 14.3. The maximum Gasteiger partial charge on any atom is 0.425 e. The number of halogens is 6. The second-order valence-corrected chi connectivity index (χ2v) is 15.2. The number of carboxylic acids is 1. The van der Waals surface area contributed by atoms with Gasteiger partial charge in [0.2, 0.25) is 5.60 Å². The van der Waals surface area contributed by atoms with Crippen LogP contribution in [0.3, 0.4) is 0 Å². The average Bonchev–Trinajstić information content (AvgIpc) is 3.60. The van der Waals surface area contributed by atoms with E-state index < -0.39 is 68.8 Å². The Morgan fingerprint density at radius 3 is 2.30 bits per heavy atom. The van der Waals surface area contributed by atoms with Crippen molar-refractivity contribution in [3.8, 4) is 11.5 Å². The highest BCUT2D eigenvalue weighted by molar-refractivity contribution is 7.10. The molecule has 0 aliphatic carbocycles. The number of rotatable bonds is 11. The number of hydrogen-bond donors (Lipinski definition) is 2. The quantitative estimate of drug-likeness (QED) is 0.193. The Kier molecular flexibility index (Phi) is 11.6. The SMILES string of the molecule is CCCC1N(C(=O)c2cnccc2C(F)(F)F)CCCC1(Oc1csc(C(F)(F)F)c1)C(=O)N1CCC(O)(c2ccccc2OCC(C)(C)C(=O)O)CC1. The number of hydrogen-bond acceptors (Lipinski definition) is 8. The molecule has 1 aromatic carbocycles. The fraction of sp³-hybridized carbons (Fsp3) is 0.514. The minimum absolute atomic E-state index is 0.0279. The summed E-state index contributed by atoms with van der Waals surface area (Å²) in [5, 5.41) is 22.5. The number of alkyl halides is 6. The van der Waals surface area contributed by atoms with E-state index in [0.717, 1.165) is 28.7 Å². The molecule has 2 unspecified atom stereocenters. The number of carbonyl (C=O) groups is 3. The molecule has 0 radical (unpaired) electrons. The van der Waals surface area contributed by atoms with Crippen molar-refractivity contribution in [3.05, 3.63) is 75.7 Å². The lowest BCUT2D eigenvalue weighted by molar-refractivity contribution is -0.163. The van der Waals surface area contributed by atoms with E-state index in [4.69, 9.17) is 9.47 Å². The highest BCUT2D eigenvalue weighted by Gasteiger charge is 2.56.